The molecule has 1 aromatic rings. The van der Waals surface area contributed by atoms with Gasteiger partial charge in [0.15, 0.2) is 0 Å². The zero-order chi connectivity index (χ0) is 12.8. The zero-order valence-electron chi connectivity index (χ0n) is 10.1. The smallest absolute Gasteiger partial charge is 0.218 e. The summed E-state index contributed by atoms with van der Waals surface area (Å²) < 4.78 is 5.04. The molecule has 0 aliphatic heterocycles. The number of carbonyl (C=O) groups excluding carboxylic acids is 2. The monoisotopic (exact) mass is 236 g/mol. The van der Waals surface area contributed by atoms with Gasteiger partial charge in [-0.3, -0.25) is 9.59 Å². The first-order chi connectivity index (χ1) is 8.02. The number of methoxy groups -OCH3 is 1. The van der Waals surface area contributed by atoms with E-state index < -0.39 is 6.17 Å². The van der Waals surface area contributed by atoms with Gasteiger partial charge in [0.2, 0.25) is 11.8 Å². The number of nitrogens with one attached hydrogen (secondary N) is 2. The standard InChI is InChI=1S/C12H16N2O3/c1-8(15)13-12(14-9(2)16)10-4-6-11(17-3)7-5-10/h4-7,12H,1-3H3,(H,13,15)(H,14,16). The van der Waals surface area contributed by atoms with Gasteiger partial charge in [-0.05, 0) is 17.7 Å². The van der Waals surface area contributed by atoms with Crippen molar-refractivity contribution in [1.29, 1.82) is 0 Å². The molecule has 5 nitrogen and oxygen atoms in total. The average Bonchev–Trinajstić information content (AvgIpc) is 2.27. The molecule has 0 spiro atoms. The Morgan fingerprint density at radius 3 is 1.88 bits per heavy atom. The van der Waals surface area contributed by atoms with Crippen LogP contribution in [0.15, 0.2) is 24.3 Å². The maximum absolute atomic E-state index is 11.0. The Kier molecular flexibility index (Phi) is 4.51. The third kappa shape index (κ3) is 4.14. The molecule has 2 N–H and O–H groups in total. The summed E-state index contributed by atoms with van der Waals surface area (Å²) in [5.74, 6) is 0.303. The summed E-state index contributed by atoms with van der Waals surface area (Å²) in [6.45, 7) is 2.80. The van der Waals surface area contributed by atoms with Gasteiger partial charge < -0.3 is 15.4 Å². The fourth-order valence-electron chi connectivity index (χ4n) is 1.41. The van der Waals surface area contributed by atoms with Gasteiger partial charge in [0.05, 0.1) is 7.11 Å². The Morgan fingerprint density at radius 2 is 1.53 bits per heavy atom. The first-order valence-electron chi connectivity index (χ1n) is 5.21. The van der Waals surface area contributed by atoms with Gasteiger partial charge in [-0.25, -0.2) is 0 Å². The van der Waals surface area contributed by atoms with Crippen LogP contribution >= 0.6 is 0 Å². The molecule has 0 bridgehead atoms. The van der Waals surface area contributed by atoms with Crippen LogP contribution in [0.3, 0.4) is 0 Å². The molecular weight excluding hydrogens is 220 g/mol. The molecule has 5 heteroatoms. The van der Waals surface area contributed by atoms with Crippen LogP contribution in [-0.2, 0) is 9.59 Å². The lowest BCUT2D eigenvalue weighted by molar-refractivity contribution is -0.122. The largest absolute Gasteiger partial charge is 0.497 e. The van der Waals surface area contributed by atoms with E-state index in [9.17, 15) is 9.59 Å². The van der Waals surface area contributed by atoms with Gasteiger partial charge in [-0.1, -0.05) is 12.1 Å². The molecule has 2 amide bonds. The molecule has 0 fully saturated rings. The Bertz CT molecular complexity index is 385. The minimum Gasteiger partial charge on any atom is -0.497 e. The number of ether oxygens (including phenoxy) is 1. The van der Waals surface area contributed by atoms with E-state index in [1.165, 1.54) is 13.8 Å². The van der Waals surface area contributed by atoms with E-state index in [1.54, 1.807) is 31.4 Å². The molecule has 1 aromatic carbocycles. The van der Waals surface area contributed by atoms with Crippen molar-refractivity contribution in [2.75, 3.05) is 7.11 Å². The van der Waals surface area contributed by atoms with Crippen LogP contribution in [0.25, 0.3) is 0 Å². The van der Waals surface area contributed by atoms with E-state index in [-0.39, 0.29) is 11.8 Å². The van der Waals surface area contributed by atoms with Crippen molar-refractivity contribution in [2.45, 2.75) is 20.0 Å². The normalized spacial score (nSPS) is 9.88. The Balaban J connectivity index is 2.86. The average molecular weight is 236 g/mol. The lowest BCUT2D eigenvalue weighted by atomic mass is 10.1. The minimum atomic E-state index is -0.518. The predicted molar refractivity (Wildman–Crippen MR) is 63.4 cm³/mol. The molecule has 0 radical (unpaired) electrons. The van der Waals surface area contributed by atoms with Crippen LogP contribution in [0.1, 0.15) is 25.6 Å². The highest BCUT2D eigenvalue weighted by molar-refractivity contribution is 5.76. The topological polar surface area (TPSA) is 67.4 Å². The number of rotatable bonds is 4. The Labute approximate surface area is 100 Å². The summed E-state index contributed by atoms with van der Waals surface area (Å²) in [6.07, 6.45) is -0.518. The molecule has 0 heterocycles. The molecule has 1 rings (SSSR count). The number of hydrogen-bond acceptors (Lipinski definition) is 3. The summed E-state index contributed by atoms with van der Waals surface area (Å²) >= 11 is 0. The highest BCUT2D eigenvalue weighted by Gasteiger charge is 2.13. The number of hydrogen-bond donors (Lipinski definition) is 2. The molecule has 92 valence electrons. The fourth-order valence-corrected chi connectivity index (χ4v) is 1.41. The molecule has 0 saturated heterocycles. The summed E-state index contributed by atoms with van der Waals surface area (Å²) in [5, 5.41) is 5.31. The Hall–Kier alpha value is -2.04. The number of amides is 2. The SMILES string of the molecule is COc1ccc(C(NC(C)=O)NC(C)=O)cc1. The van der Waals surface area contributed by atoms with E-state index in [0.717, 1.165) is 11.3 Å². The van der Waals surface area contributed by atoms with Crippen molar-refractivity contribution < 1.29 is 14.3 Å². The zero-order valence-corrected chi connectivity index (χ0v) is 10.1. The van der Waals surface area contributed by atoms with E-state index in [2.05, 4.69) is 10.6 Å². The summed E-state index contributed by atoms with van der Waals surface area (Å²) in [5.41, 5.74) is 0.788. The first kappa shape index (κ1) is 13.0. The number of carbonyl (C=O) groups is 2. The van der Waals surface area contributed by atoms with Crippen LogP contribution in [0.2, 0.25) is 0 Å². The van der Waals surface area contributed by atoms with Crippen molar-refractivity contribution >= 4 is 11.8 Å². The van der Waals surface area contributed by atoms with Crippen molar-refractivity contribution in [3.05, 3.63) is 29.8 Å². The lowest BCUT2D eigenvalue weighted by Crippen LogP contribution is -2.39. The van der Waals surface area contributed by atoms with Crippen molar-refractivity contribution in [3.8, 4) is 5.75 Å². The van der Waals surface area contributed by atoms with Crippen LogP contribution in [0, 0.1) is 0 Å². The summed E-state index contributed by atoms with van der Waals surface area (Å²) in [4.78, 5) is 22.1. The summed E-state index contributed by atoms with van der Waals surface area (Å²) in [7, 11) is 1.58. The molecule has 0 aromatic heterocycles. The lowest BCUT2D eigenvalue weighted by Gasteiger charge is -2.19. The molecule has 17 heavy (non-hydrogen) atoms. The quantitative estimate of drug-likeness (QED) is 0.765. The van der Waals surface area contributed by atoms with Crippen molar-refractivity contribution in [2.24, 2.45) is 0 Å². The first-order valence-corrected chi connectivity index (χ1v) is 5.21. The Morgan fingerprint density at radius 1 is 1.06 bits per heavy atom. The second-order valence-corrected chi connectivity index (χ2v) is 3.61. The highest BCUT2D eigenvalue weighted by Crippen LogP contribution is 2.16. The maximum Gasteiger partial charge on any atom is 0.218 e. The highest BCUT2D eigenvalue weighted by atomic mass is 16.5. The molecular formula is C12H16N2O3. The molecule has 0 saturated carbocycles. The fraction of sp³-hybridized carbons (Fsp3) is 0.333. The van der Waals surface area contributed by atoms with Crippen LogP contribution in [-0.4, -0.2) is 18.9 Å². The van der Waals surface area contributed by atoms with Crippen LogP contribution in [0.5, 0.6) is 5.75 Å². The maximum atomic E-state index is 11.0. The van der Waals surface area contributed by atoms with Gasteiger partial charge in [0, 0.05) is 13.8 Å². The van der Waals surface area contributed by atoms with Gasteiger partial charge >= 0.3 is 0 Å². The minimum absolute atomic E-state index is 0.209. The molecule has 0 aliphatic carbocycles. The van der Waals surface area contributed by atoms with E-state index in [4.69, 9.17) is 4.74 Å². The summed E-state index contributed by atoms with van der Waals surface area (Å²) in [6, 6.07) is 7.11. The van der Waals surface area contributed by atoms with E-state index in [0.29, 0.717) is 0 Å². The van der Waals surface area contributed by atoms with Crippen LogP contribution < -0.4 is 15.4 Å². The number of benzene rings is 1. The third-order valence-electron chi connectivity index (χ3n) is 2.14. The van der Waals surface area contributed by atoms with Gasteiger partial charge in [0.1, 0.15) is 11.9 Å². The third-order valence-corrected chi connectivity index (χ3v) is 2.14. The van der Waals surface area contributed by atoms with E-state index in [1.807, 2.05) is 0 Å². The van der Waals surface area contributed by atoms with E-state index >= 15 is 0 Å². The van der Waals surface area contributed by atoms with Gasteiger partial charge in [0.25, 0.3) is 0 Å². The molecule has 0 aliphatic rings. The van der Waals surface area contributed by atoms with Crippen LogP contribution in [0.4, 0.5) is 0 Å². The molecule has 0 unspecified atom stereocenters. The van der Waals surface area contributed by atoms with Crippen molar-refractivity contribution in [1.82, 2.24) is 10.6 Å². The molecule has 0 atom stereocenters. The van der Waals surface area contributed by atoms with Crippen molar-refractivity contribution in [3.63, 3.8) is 0 Å². The predicted octanol–water partition coefficient (Wildman–Crippen LogP) is 0.966. The van der Waals surface area contributed by atoms with Gasteiger partial charge in [-0.2, -0.15) is 0 Å². The second kappa shape index (κ2) is 5.89. The second-order valence-electron chi connectivity index (χ2n) is 3.61. The van der Waals surface area contributed by atoms with Gasteiger partial charge in [-0.15, -0.1) is 0 Å².